The van der Waals surface area contributed by atoms with Crippen LogP contribution in [0.25, 0.3) is 0 Å². The van der Waals surface area contributed by atoms with E-state index in [0.717, 1.165) is 0 Å². The molecule has 0 aliphatic heterocycles. The smallest absolute Gasteiger partial charge is 0.320 e. The summed E-state index contributed by atoms with van der Waals surface area (Å²) < 4.78 is 0. The largest absolute Gasteiger partial charge is 0.480 e. The van der Waals surface area contributed by atoms with Crippen molar-refractivity contribution < 1.29 is 19.5 Å². The van der Waals surface area contributed by atoms with E-state index in [1.807, 2.05) is 0 Å². The first kappa shape index (κ1) is 27.0. The average molecular weight is 401 g/mol. The molecule has 0 aromatic carbocycles. The van der Waals surface area contributed by atoms with E-state index in [1.54, 1.807) is 19.0 Å². The highest BCUT2D eigenvalue weighted by Gasteiger charge is 2.10. The van der Waals surface area contributed by atoms with Gasteiger partial charge in [-0.3, -0.25) is 25.3 Å². The van der Waals surface area contributed by atoms with Crippen molar-refractivity contribution in [3.8, 4) is 0 Å². The van der Waals surface area contributed by atoms with Gasteiger partial charge in [-0.15, -0.1) is 0 Å². The highest BCUT2D eigenvalue weighted by molar-refractivity contribution is 5.97. The molecule has 28 heavy (non-hydrogen) atoms. The van der Waals surface area contributed by atoms with Crippen LogP contribution in [0.15, 0.2) is 9.98 Å². The second-order valence-electron chi connectivity index (χ2n) is 5.85. The minimum Gasteiger partial charge on any atom is -0.480 e. The second kappa shape index (κ2) is 14.9. The molecule has 0 fully saturated rings. The fraction of sp³-hybridized carbons (Fsp3) is 0.600. The van der Waals surface area contributed by atoms with Crippen LogP contribution in [0.1, 0.15) is 32.6 Å². The van der Waals surface area contributed by atoms with Crippen LogP contribution >= 0.6 is 0 Å². The summed E-state index contributed by atoms with van der Waals surface area (Å²) in [5.41, 5.74) is 20.9. The number of hydrogen-bond acceptors (Lipinski definition) is 6. The van der Waals surface area contributed by atoms with E-state index in [9.17, 15) is 14.4 Å². The zero-order valence-corrected chi connectivity index (χ0v) is 16.4. The number of nitrogens with two attached hydrogens (primary N) is 4. The normalized spacial score (nSPS) is 12.3. The van der Waals surface area contributed by atoms with E-state index in [4.69, 9.17) is 33.5 Å². The van der Waals surface area contributed by atoms with Gasteiger partial charge in [-0.2, -0.15) is 4.99 Å². The number of ketones is 1. The maximum absolute atomic E-state index is 11.3. The lowest BCUT2D eigenvalue weighted by atomic mass is 10.2. The quantitative estimate of drug-likeness (QED) is 0.132. The van der Waals surface area contributed by atoms with Crippen LogP contribution < -0.4 is 28.3 Å². The Labute approximate surface area is 163 Å². The number of carbonyl (C=O) groups is 3. The third-order valence-electron chi connectivity index (χ3n) is 2.94. The Balaban J connectivity index is 0. The molecule has 160 valence electrons. The van der Waals surface area contributed by atoms with Gasteiger partial charge in [0.1, 0.15) is 11.8 Å². The lowest BCUT2D eigenvalue weighted by molar-refractivity contribution is -0.138. The molecule has 0 spiro atoms. The molecule has 0 aliphatic rings. The van der Waals surface area contributed by atoms with Crippen molar-refractivity contribution in [3.63, 3.8) is 0 Å². The van der Waals surface area contributed by atoms with Crippen LogP contribution in [0.2, 0.25) is 0 Å². The van der Waals surface area contributed by atoms with Gasteiger partial charge >= 0.3 is 5.97 Å². The Morgan fingerprint density at radius 2 is 1.75 bits per heavy atom. The number of aliphatic imine (C=N–C) groups is 2. The number of aliphatic carboxylic acids is 1. The molecule has 1 atom stereocenters. The van der Waals surface area contributed by atoms with Crippen molar-refractivity contribution in [2.24, 2.45) is 32.9 Å². The van der Waals surface area contributed by atoms with Gasteiger partial charge < -0.3 is 37.7 Å². The second-order valence-corrected chi connectivity index (χ2v) is 5.85. The maximum atomic E-state index is 11.3. The van der Waals surface area contributed by atoms with Gasteiger partial charge in [-0.05, 0) is 19.8 Å². The molecule has 0 radical (unpaired) electrons. The summed E-state index contributed by atoms with van der Waals surface area (Å²) in [6.45, 7) is 1.68. The number of carboxylic acids is 1. The van der Waals surface area contributed by atoms with Crippen molar-refractivity contribution >= 4 is 35.5 Å². The van der Waals surface area contributed by atoms with Crippen LogP contribution in [-0.4, -0.2) is 72.2 Å². The summed E-state index contributed by atoms with van der Waals surface area (Å²) in [5.74, 6) is -1.59. The topological polar surface area (TPSA) is 239 Å². The molecule has 0 aliphatic carbocycles. The van der Waals surface area contributed by atoms with E-state index in [-0.39, 0.29) is 55.4 Å². The Hall–Kier alpha value is -3.22. The minimum atomic E-state index is -1.06. The molecule has 11 N–H and O–H groups in total. The standard InChI is InChI=1S/C11H20N4O4.C4H11N5/c1-7(16)4-5-9(17)15-11(13)14-6-2-3-8(12)10(18)19;1-9(2)4(7)8-3(5)6/h8H,2-6,12H2,1H3,(H,18,19)(H3,13,14,15,17);1-2H3,(H5,5,6,7,8)/t8-;/m1./s1. The number of guanidine groups is 3. The Bertz CT molecular complexity index is 602. The van der Waals surface area contributed by atoms with Crippen molar-refractivity contribution in [2.75, 3.05) is 20.6 Å². The average Bonchev–Trinajstić information content (AvgIpc) is 2.56. The highest BCUT2D eigenvalue weighted by atomic mass is 16.4. The Kier molecular flexibility index (Phi) is 14.4. The van der Waals surface area contributed by atoms with Gasteiger partial charge in [-0.25, -0.2) is 0 Å². The molecular weight excluding hydrogens is 370 g/mol. The number of nitrogens with one attached hydrogen (secondary N) is 2. The van der Waals surface area contributed by atoms with Crippen molar-refractivity contribution in [3.05, 3.63) is 0 Å². The summed E-state index contributed by atoms with van der Waals surface area (Å²) in [4.78, 5) is 41.2. The van der Waals surface area contributed by atoms with Crippen LogP contribution in [0.5, 0.6) is 0 Å². The fourth-order valence-electron chi connectivity index (χ4n) is 1.39. The van der Waals surface area contributed by atoms with Crippen LogP contribution in [-0.2, 0) is 14.4 Å². The van der Waals surface area contributed by atoms with Gasteiger partial charge in [0.25, 0.3) is 0 Å². The number of carboxylic acid groups (broad SMARTS) is 1. The van der Waals surface area contributed by atoms with E-state index in [0.29, 0.717) is 6.42 Å². The Morgan fingerprint density at radius 3 is 2.14 bits per heavy atom. The minimum absolute atomic E-state index is 0.0440. The molecule has 0 unspecified atom stereocenters. The maximum Gasteiger partial charge on any atom is 0.320 e. The number of Topliss-reactive ketones (excluding diaryl/α,β-unsaturated/α-hetero) is 1. The molecule has 0 saturated carbocycles. The first-order valence-electron chi connectivity index (χ1n) is 8.29. The summed E-state index contributed by atoms with van der Waals surface area (Å²) in [5, 5.41) is 17.6. The van der Waals surface area contributed by atoms with E-state index in [2.05, 4.69) is 15.3 Å². The number of hydrogen-bond donors (Lipinski definition) is 7. The number of rotatable bonds is 8. The number of nitrogens with zero attached hydrogens (tertiary/aromatic N) is 3. The van der Waals surface area contributed by atoms with Crippen molar-refractivity contribution in [2.45, 2.75) is 38.6 Å². The molecule has 0 saturated heterocycles. The Morgan fingerprint density at radius 1 is 1.18 bits per heavy atom. The lowest BCUT2D eigenvalue weighted by Crippen LogP contribution is -2.37. The molecule has 13 heteroatoms. The first-order valence-corrected chi connectivity index (χ1v) is 8.29. The lowest BCUT2D eigenvalue weighted by Gasteiger charge is -2.08. The van der Waals surface area contributed by atoms with Crippen molar-refractivity contribution in [1.29, 1.82) is 5.41 Å². The van der Waals surface area contributed by atoms with Gasteiger partial charge in [0.2, 0.25) is 11.9 Å². The van der Waals surface area contributed by atoms with Crippen molar-refractivity contribution in [1.82, 2.24) is 10.2 Å². The summed E-state index contributed by atoms with van der Waals surface area (Å²) in [6.07, 6.45) is 0.962. The molecule has 0 rings (SSSR count). The van der Waals surface area contributed by atoms with Gasteiger partial charge in [0.15, 0.2) is 11.9 Å². The number of carbonyl (C=O) groups excluding carboxylic acids is 2. The summed E-state index contributed by atoms with van der Waals surface area (Å²) >= 11 is 0. The highest BCUT2D eigenvalue weighted by Crippen LogP contribution is 1.95. The fourth-order valence-corrected chi connectivity index (χ4v) is 1.39. The molecular formula is C15H31N9O4. The third kappa shape index (κ3) is 17.6. The van der Waals surface area contributed by atoms with E-state index >= 15 is 0 Å². The van der Waals surface area contributed by atoms with Gasteiger partial charge in [-0.1, -0.05) is 0 Å². The predicted octanol–water partition coefficient (Wildman–Crippen LogP) is -2.27. The monoisotopic (exact) mass is 401 g/mol. The van der Waals surface area contributed by atoms with E-state index < -0.39 is 12.0 Å². The zero-order chi connectivity index (χ0) is 22.3. The molecule has 13 nitrogen and oxygen atoms in total. The molecule has 0 bridgehead atoms. The molecule has 0 aromatic rings. The molecule has 0 aromatic heterocycles. The third-order valence-corrected chi connectivity index (χ3v) is 2.94. The number of amides is 1. The van der Waals surface area contributed by atoms with Gasteiger partial charge in [0, 0.05) is 33.5 Å². The summed E-state index contributed by atoms with van der Waals surface area (Å²) in [7, 11) is 3.45. The molecule has 0 heterocycles. The van der Waals surface area contributed by atoms with Crippen LogP contribution in [0.4, 0.5) is 0 Å². The zero-order valence-electron chi connectivity index (χ0n) is 16.4. The first-order chi connectivity index (χ1) is 12.9. The SMILES string of the molecule is CC(=O)CCC(=O)NC(N)=NCCC[C@@H](N)C(=O)O.CN(C)C(N)=NC(=N)N. The van der Waals surface area contributed by atoms with Crippen LogP contribution in [0, 0.1) is 5.41 Å². The summed E-state index contributed by atoms with van der Waals surface area (Å²) in [6, 6.07) is -0.915. The van der Waals surface area contributed by atoms with Crippen LogP contribution in [0.3, 0.4) is 0 Å². The predicted molar refractivity (Wildman–Crippen MR) is 107 cm³/mol. The van der Waals surface area contributed by atoms with E-state index in [1.165, 1.54) is 6.92 Å². The van der Waals surface area contributed by atoms with Gasteiger partial charge in [0.05, 0.1) is 0 Å². The molecule has 1 amide bonds.